The minimum Gasteiger partial charge on any atom is -0.496 e. The van der Waals surface area contributed by atoms with Crippen LogP contribution in [0.25, 0.3) is 0 Å². The van der Waals surface area contributed by atoms with Gasteiger partial charge in [-0.1, -0.05) is 6.92 Å². The Labute approximate surface area is 116 Å². The summed E-state index contributed by atoms with van der Waals surface area (Å²) in [7, 11) is 1.65. The van der Waals surface area contributed by atoms with Gasteiger partial charge in [-0.3, -0.25) is 4.98 Å². The second kappa shape index (κ2) is 6.63. The van der Waals surface area contributed by atoms with Gasteiger partial charge in [0.25, 0.3) is 0 Å². The van der Waals surface area contributed by atoms with Crippen molar-refractivity contribution in [3.8, 4) is 5.75 Å². The molecule has 19 heavy (non-hydrogen) atoms. The number of nitrogens with one attached hydrogen (secondary N) is 1. The lowest BCUT2D eigenvalue weighted by Gasteiger charge is -2.18. The maximum Gasteiger partial charge on any atom is 0.141 e. The fourth-order valence-electron chi connectivity index (χ4n) is 1.93. The number of hydrogen-bond acceptors (Lipinski definition) is 4. The third-order valence-electron chi connectivity index (χ3n) is 2.80. The van der Waals surface area contributed by atoms with Gasteiger partial charge in [0.05, 0.1) is 24.2 Å². The number of aromatic nitrogens is 1. The number of rotatable bonds is 6. The van der Waals surface area contributed by atoms with Crippen LogP contribution < -0.4 is 10.1 Å². The third-order valence-corrected chi connectivity index (χ3v) is 3.76. The van der Waals surface area contributed by atoms with Gasteiger partial charge in [0, 0.05) is 6.20 Å². The van der Waals surface area contributed by atoms with Crippen molar-refractivity contribution < 1.29 is 9.13 Å². The fraction of sp³-hybridized carbons (Fsp3) is 0.357. The van der Waals surface area contributed by atoms with E-state index in [2.05, 4.69) is 17.2 Å². The molecular weight excluding hydrogens is 263 g/mol. The van der Waals surface area contributed by atoms with E-state index in [1.165, 1.54) is 12.3 Å². The summed E-state index contributed by atoms with van der Waals surface area (Å²) in [5, 5.41) is 5.39. The van der Waals surface area contributed by atoms with Crippen molar-refractivity contribution in [2.24, 2.45) is 0 Å². The van der Waals surface area contributed by atoms with Gasteiger partial charge in [-0.15, -0.1) is 11.3 Å². The van der Waals surface area contributed by atoms with Crippen LogP contribution in [-0.2, 0) is 0 Å². The topological polar surface area (TPSA) is 34.2 Å². The first-order chi connectivity index (χ1) is 9.26. The van der Waals surface area contributed by atoms with Crippen molar-refractivity contribution in [2.45, 2.75) is 19.4 Å². The minimum atomic E-state index is -0.323. The van der Waals surface area contributed by atoms with E-state index in [0.29, 0.717) is 0 Å². The van der Waals surface area contributed by atoms with Gasteiger partial charge < -0.3 is 10.1 Å². The monoisotopic (exact) mass is 280 g/mol. The van der Waals surface area contributed by atoms with E-state index in [0.717, 1.165) is 29.2 Å². The summed E-state index contributed by atoms with van der Waals surface area (Å²) in [6.07, 6.45) is 3.91. The lowest BCUT2D eigenvalue weighted by molar-refractivity contribution is 0.407. The largest absolute Gasteiger partial charge is 0.496 e. The molecule has 2 aromatic heterocycles. The van der Waals surface area contributed by atoms with E-state index >= 15 is 0 Å². The number of hydrogen-bond donors (Lipinski definition) is 1. The molecule has 0 spiro atoms. The highest BCUT2D eigenvalue weighted by atomic mass is 32.1. The third kappa shape index (κ3) is 3.30. The number of methoxy groups -OCH3 is 1. The van der Waals surface area contributed by atoms with Gasteiger partial charge in [0.2, 0.25) is 0 Å². The van der Waals surface area contributed by atoms with E-state index in [1.807, 2.05) is 11.4 Å². The molecule has 2 rings (SSSR count). The van der Waals surface area contributed by atoms with Crippen molar-refractivity contribution >= 4 is 11.3 Å². The van der Waals surface area contributed by atoms with Crippen LogP contribution in [0.5, 0.6) is 5.75 Å². The molecule has 1 N–H and O–H groups in total. The van der Waals surface area contributed by atoms with Crippen molar-refractivity contribution in [3.63, 3.8) is 0 Å². The van der Waals surface area contributed by atoms with Crippen LogP contribution in [-0.4, -0.2) is 18.6 Å². The molecule has 0 aliphatic heterocycles. The fourth-order valence-corrected chi connectivity index (χ4v) is 2.89. The molecule has 0 aromatic carbocycles. The highest BCUT2D eigenvalue weighted by Crippen LogP contribution is 2.34. The smallest absolute Gasteiger partial charge is 0.141 e. The molecule has 0 radical (unpaired) electrons. The summed E-state index contributed by atoms with van der Waals surface area (Å²) in [6, 6.07) is 3.35. The van der Waals surface area contributed by atoms with E-state index in [-0.39, 0.29) is 11.9 Å². The molecule has 0 fully saturated rings. The SMILES string of the molecule is CCCNC(c1cncc(F)c1)c1sccc1OC. The molecule has 0 bridgehead atoms. The normalized spacial score (nSPS) is 12.4. The molecule has 5 heteroatoms. The number of thiophene rings is 1. The van der Waals surface area contributed by atoms with Crippen LogP contribution >= 0.6 is 11.3 Å². The van der Waals surface area contributed by atoms with Crippen molar-refractivity contribution in [2.75, 3.05) is 13.7 Å². The van der Waals surface area contributed by atoms with Gasteiger partial charge in [-0.2, -0.15) is 0 Å². The molecule has 0 aliphatic carbocycles. The van der Waals surface area contributed by atoms with Crippen molar-refractivity contribution in [1.82, 2.24) is 10.3 Å². The molecule has 0 amide bonds. The highest BCUT2D eigenvalue weighted by molar-refractivity contribution is 7.10. The van der Waals surface area contributed by atoms with Crippen LogP contribution in [0.1, 0.15) is 29.8 Å². The quantitative estimate of drug-likeness (QED) is 0.881. The standard InChI is InChI=1S/C14H17FN2OS/c1-3-5-17-13(10-7-11(15)9-16-8-10)14-12(18-2)4-6-19-14/h4,6-9,13,17H,3,5H2,1-2H3. The number of ether oxygens (including phenoxy) is 1. The summed E-state index contributed by atoms with van der Waals surface area (Å²) in [6.45, 7) is 2.95. The summed E-state index contributed by atoms with van der Waals surface area (Å²) in [5.74, 6) is 0.499. The average molecular weight is 280 g/mol. The Hall–Kier alpha value is -1.46. The Bertz CT molecular complexity index is 530. The minimum absolute atomic E-state index is 0.0851. The van der Waals surface area contributed by atoms with Gasteiger partial charge in [-0.25, -0.2) is 4.39 Å². The zero-order valence-corrected chi connectivity index (χ0v) is 11.8. The summed E-state index contributed by atoms with van der Waals surface area (Å²) >= 11 is 1.60. The van der Waals surface area contributed by atoms with Crippen molar-refractivity contribution in [1.29, 1.82) is 0 Å². The zero-order valence-electron chi connectivity index (χ0n) is 11.0. The Morgan fingerprint density at radius 1 is 1.47 bits per heavy atom. The van der Waals surface area contributed by atoms with E-state index in [1.54, 1.807) is 24.6 Å². The van der Waals surface area contributed by atoms with E-state index in [9.17, 15) is 4.39 Å². The number of halogens is 1. The van der Waals surface area contributed by atoms with E-state index in [4.69, 9.17) is 4.74 Å². The second-order valence-corrected chi connectivity index (χ2v) is 5.12. The molecule has 0 aliphatic rings. The van der Waals surface area contributed by atoms with Crippen molar-refractivity contribution in [3.05, 3.63) is 46.2 Å². The molecule has 3 nitrogen and oxygen atoms in total. The van der Waals surface area contributed by atoms with Crippen LogP contribution in [0.15, 0.2) is 29.9 Å². The van der Waals surface area contributed by atoms with Crippen LogP contribution in [0.2, 0.25) is 0 Å². The molecule has 0 saturated heterocycles. The molecule has 0 saturated carbocycles. The average Bonchev–Trinajstić information content (AvgIpc) is 2.88. The highest BCUT2D eigenvalue weighted by Gasteiger charge is 2.19. The van der Waals surface area contributed by atoms with Crippen LogP contribution in [0.4, 0.5) is 4.39 Å². The lowest BCUT2D eigenvalue weighted by atomic mass is 10.1. The first-order valence-electron chi connectivity index (χ1n) is 6.21. The Balaban J connectivity index is 2.35. The molecule has 102 valence electrons. The van der Waals surface area contributed by atoms with E-state index < -0.39 is 0 Å². The van der Waals surface area contributed by atoms with Crippen LogP contribution in [0.3, 0.4) is 0 Å². The van der Waals surface area contributed by atoms with Gasteiger partial charge >= 0.3 is 0 Å². The molecule has 2 heterocycles. The van der Waals surface area contributed by atoms with Gasteiger partial charge in [0.1, 0.15) is 11.6 Å². The number of pyridine rings is 1. The first kappa shape index (κ1) is 14.0. The second-order valence-electron chi connectivity index (χ2n) is 4.18. The predicted octanol–water partition coefficient (Wildman–Crippen LogP) is 3.38. The first-order valence-corrected chi connectivity index (χ1v) is 7.09. The molecular formula is C14H17FN2OS. The van der Waals surface area contributed by atoms with Crippen LogP contribution in [0, 0.1) is 5.82 Å². The summed E-state index contributed by atoms with van der Waals surface area (Å²) in [5.41, 5.74) is 0.814. The maximum absolute atomic E-state index is 13.4. The summed E-state index contributed by atoms with van der Waals surface area (Å²) < 4.78 is 18.7. The molecule has 1 atom stereocenters. The Morgan fingerprint density at radius 2 is 2.32 bits per heavy atom. The zero-order chi connectivity index (χ0) is 13.7. The molecule has 2 aromatic rings. The lowest BCUT2D eigenvalue weighted by Crippen LogP contribution is -2.23. The van der Waals surface area contributed by atoms with Gasteiger partial charge in [0.15, 0.2) is 0 Å². The summed E-state index contributed by atoms with van der Waals surface area (Å²) in [4.78, 5) is 4.97. The Morgan fingerprint density at radius 3 is 3.00 bits per heavy atom. The maximum atomic E-state index is 13.4. The number of nitrogens with zero attached hydrogens (tertiary/aromatic N) is 1. The Kier molecular flexibility index (Phi) is 4.87. The van der Waals surface area contributed by atoms with Gasteiger partial charge in [-0.05, 0) is 36.0 Å². The predicted molar refractivity (Wildman–Crippen MR) is 75.2 cm³/mol. The molecule has 1 unspecified atom stereocenters.